The molecule has 2 aliphatic rings. The molecule has 3 rings (SSSR count). The van der Waals surface area contributed by atoms with Gasteiger partial charge in [0, 0.05) is 5.56 Å². The minimum absolute atomic E-state index is 0.186. The van der Waals surface area contributed by atoms with Crippen molar-refractivity contribution in [2.45, 2.75) is 37.0 Å². The number of fused-ring (bicyclic) bond motifs is 1. The Hall–Kier alpha value is -1.02. The molecule has 6 nitrogen and oxygen atoms in total. The standard InChI is InChI=1S/C13H16O6/c14-9-10(15)12(16)18-8-6-17-13(19-11(8)9)7-4-2-1-3-5-7/h1-5,8-16H,6H2/t8?,9-,10-,11?,12-,13-/m1/s1. The molecule has 6 atom stereocenters. The summed E-state index contributed by atoms with van der Waals surface area (Å²) in [7, 11) is 0. The molecule has 2 unspecified atom stereocenters. The van der Waals surface area contributed by atoms with E-state index in [2.05, 4.69) is 0 Å². The highest BCUT2D eigenvalue weighted by Crippen LogP contribution is 2.33. The number of aliphatic hydroxyl groups excluding tert-OH is 3. The van der Waals surface area contributed by atoms with Crippen LogP contribution < -0.4 is 0 Å². The Morgan fingerprint density at radius 2 is 1.68 bits per heavy atom. The lowest BCUT2D eigenvalue weighted by atomic mass is 9.98. The molecular weight excluding hydrogens is 252 g/mol. The maximum absolute atomic E-state index is 9.94. The molecule has 6 heteroatoms. The Kier molecular flexibility index (Phi) is 3.53. The molecule has 1 aromatic rings. The van der Waals surface area contributed by atoms with Gasteiger partial charge in [0.25, 0.3) is 0 Å². The first-order chi connectivity index (χ1) is 9.16. The molecule has 2 saturated heterocycles. The highest BCUT2D eigenvalue weighted by molar-refractivity contribution is 5.16. The van der Waals surface area contributed by atoms with E-state index in [0.717, 1.165) is 5.56 Å². The van der Waals surface area contributed by atoms with Crippen LogP contribution in [0.5, 0.6) is 0 Å². The zero-order chi connectivity index (χ0) is 13.4. The zero-order valence-electron chi connectivity index (χ0n) is 10.1. The third-order valence-electron chi connectivity index (χ3n) is 3.42. The highest BCUT2D eigenvalue weighted by atomic mass is 16.7. The second kappa shape index (κ2) is 5.16. The molecule has 2 aliphatic heterocycles. The van der Waals surface area contributed by atoms with Crippen LogP contribution in [-0.2, 0) is 14.2 Å². The van der Waals surface area contributed by atoms with Gasteiger partial charge in [-0.2, -0.15) is 0 Å². The SMILES string of the molecule is O[C@H]1[C@H](O)OC2CO[C@@H](c3ccccc3)OC2[C@@H]1O. The fraction of sp³-hybridized carbons (Fsp3) is 0.538. The van der Waals surface area contributed by atoms with E-state index in [1.165, 1.54) is 0 Å². The summed E-state index contributed by atoms with van der Waals surface area (Å²) in [6.07, 6.45) is -5.93. The number of aliphatic hydroxyl groups is 3. The molecule has 0 radical (unpaired) electrons. The number of benzene rings is 1. The van der Waals surface area contributed by atoms with Gasteiger partial charge in [-0.15, -0.1) is 0 Å². The van der Waals surface area contributed by atoms with E-state index in [0.29, 0.717) is 0 Å². The lowest BCUT2D eigenvalue weighted by molar-refractivity contribution is -0.354. The van der Waals surface area contributed by atoms with Gasteiger partial charge in [0.2, 0.25) is 0 Å². The molecule has 104 valence electrons. The fourth-order valence-corrected chi connectivity index (χ4v) is 2.37. The van der Waals surface area contributed by atoms with Crippen LogP contribution in [0.2, 0.25) is 0 Å². The van der Waals surface area contributed by atoms with Gasteiger partial charge in [-0.05, 0) is 0 Å². The van der Waals surface area contributed by atoms with Crippen molar-refractivity contribution in [2.24, 2.45) is 0 Å². The first kappa shape index (κ1) is 13.0. The Balaban J connectivity index is 1.75. The summed E-state index contributed by atoms with van der Waals surface area (Å²) >= 11 is 0. The van der Waals surface area contributed by atoms with E-state index >= 15 is 0 Å². The molecule has 1 aromatic carbocycles. The third-order valence-corrected chi connectivity index (χ3v) is 3.42. The average Bonchev–Trinajstić information content (AvgIpc) is 2.46. The number of hydrogen-bond donors (Lipinski definition) is 3. The van der Waals surface area contributed by atoms with Crippen molar-refractivity contribution in [1.29, 1.82) is 0 Å². The van der Waals surface area contributed by atoms with Crippen molar-refractivity contribution in [2.75, 3.05) is 6.61 Å². The summed E-state index contributed by atoms with van der Waals surface area (Å²) in [5.74, 6) is 0. The molecular formula is C13H16O6. The van der Waals surface area contributed by atoms with Gasteiger partial charge >= 0.3 is 0 Å². The van der Waals surface area contributed by atoms with E-state index < -0.39 is 37.0 Å². The molecule has 0 aromatic heterocycles. The van der Waals surface area contributed by atoms with Gasteiger partial charge in [0.05, 0.1) is 6.61 Å². The third kappa shape index (κ3) is 2.38. The predicted octanol–water partition coefficient (Wildman–Crippen LogP) is -0.460. The van der Waals surface area contributed by atoms with Gasteiger partial charge in [0.1, 0.15) is 24.4 Å². The van der Waals surface area contributed by atoms with E-state index in [4.69, 9.17) is 14.2 Å². The predicted molar refractivity (Wildman–Crippen MR) is 62.9 cm³/mol. The van der Waals surface area contributed by atoms with Crippen LogP contribution >= 0.6 is 0 Å². The van der Waals surface area contributed by atoms with E-state index in [-0.39, 0.29) is 6.61 Å². The topological polar surface area (TPSA) is 88.4 Å². The summed E-state index contributed by atoms with van der Waals surface area (Å²) in [4.78, 5) is 0. The van der Waals surface area contributed by atoms with Gasteiger partial charge in [-0.1, -0.05) is 30.3 Å². The largest absolute Gasteiger partial charge is 0.387 e. The highest BCUT2D eigenvalue weighted by Gasteiger charge is 2.48. The summed E-state index contributed by atoms with van der Waals surface area (Å²) in [6, 6.07) is 9.31. The van der Waals surface area contributed by atoms with E-state index in [9.17, 15) is 15.3 Å². The Bertz CT molecular complexity index is 422. The molecule has 0 aliphatic carbocycles. The second-order valence-corrected chi connectivity index (χ2v) is 4.72. The summed E-state index contributed by atoms with van der Waals surface area (Å²) in [5, 5.41) is 29.0. The van der Waals surface area contributed by atoms with Crippen LogP contribution in [0.3, 0.4) is 0 Å². The number of ether oxygens (including phenoxy) is 3. The summed E-state index contributed by atoms with van der Waals surface area (Å²) < 4.78 is 16.3. The maximum Gasteiger partial charge on any atom is 0.184 e. The van der Waals surface area contributed by atoms with Gasteiger partial charge in [0.15, 0.2) is 12.6 Å². The zero-order valence-corrected chi connectivity index (χ0v) is 10.1. The van der Waals surface area contributed by atoms with Crippen LogP contribution in [0.4, 0.5) is 0 Å². The van der Waals surface area contributed by atoms with Gasteiger partial charge in [-0.3, -0.25) is 0 Å². The van der Waals surface area contributed by atoms with Crippen LogP contribution in [0.15, 0.2) is 30.3 Å². The Morgan fingerprint density at radius 1 is 0.947 bits per heavy atom. The lowest BCUT2D eigenvalue weighted by Gasteiger charge is -2.45. The molecule has 0 spiro atoms. The number of hydrogen-bond acceptors (Lipinski definition) is 6. The molecule has 3 N–H and O–H groups in total. The van der Waals surface area contributed by atoms with Crippen molar-refractivity contribution in [3.63, 3.8) is 0 Å². The smallest absolute Gasteiger partial charge is 0.184 e. The molecule has 0 amide bonds. The second-order valence-electron chi connectivity index (χ2n) is 4.72. The molecule has 2 fully saturated rings. The van der Waals surface area contributed by atoms with Crippen molar-refractivity contribution in [1.82, 2.24) is 0 Å². The van der Waals surface area contributed by atoms with Crippen molar-refractivity contribution in [3.05, 3.63) is 35.9 Å². The van der Waals surface area contributed by atoms with Crippen LogP contribution in [0.1, 0.15) is 11.9 Å². The van der Waals surface area contributed by atoms with Crippen LogP contribution in [-0.4, -0.2) is 52.6 Å². The van der Waals surface area contributed by atoms with Crippen molar-refractivity contribution in [3.8, 4) is 0 Å². The molecule has 0 saturated carbocycles. The Morgan fingerprint density at radius 3 is 2.42 bits per heavy atom. The van der Waals surface area contributed by atoms with Crippen molar-refractivity contribution < 1.29 is 29.5 Å². The fourth-order valence-electron chi connectivity index (χ4n) is 2.37. The van der Waals surface area contributed by atoms with Crippen molar-refractivity contribution >= 4 is 0 Å². The lowest BCUT2D eigenvalue weighted by Crippen LogP contribution is -2.61. The van der Waals surface area contributed by atoms with E-state index in [1.54, 1.807) is 0 Å². The number of rotatable bonds is 1. The normalized spacial score (nSPS) is 42.7. The quantitative estimate of drug-likeness (QED) is 0.639. The minimum Gasteiger partial charge on any atom is -0.387 e. The monoisotopic (exact) mass is 268 g/mol. The van der Waals surface area contributed by atoms with Crippen LogP contribution in [0.25, 0.3) is 0 Å². The van der Waals surface area contributed by atoms with E-state index in [1.807, 2.05) is 30.3 Å². The molecule has 0 bridgehead atoms. The molecule has 19 heavy (non-hydrogen) atoms. The van der Waals surface area contributed by atoms with Crippen LogP contribution in [0, 0.1) is 0 Å². The molecule has 2 heterocycles. The average molecular weight is 268 g/mol. The first-order valence-corrected chi connectivity index (χ1v) is 6.18. The Labute approximate surface area is 110 Å². The van der Waals surface area contributed by atoms with Gasteiger partial charge < -0.3 is 29.5 Å². The minimum atomic E-state index is -1.42. The first-order valence-electron chi connectivity index (χ1n) is 6.18. The van der Waals surface area contributed by atoms with Gasteiger partial charge in [-0.25, -0.2) is 0 Å². The summed E-state index contributed by atoms with van der Waals surface area (Å²) in [6.45, 7) is 0.186. The maximum atomic E-state index is 9.94. The summed E-state index contributed by atoms with van der Waals surface area (Å²) in [5.41, 5.74) is 0.828.